The van der Waals surface area contributed by atoms with Crippen LogP contribution in [0.1, 0.15) is 0 Å². The molecule has 0 saturated heterocycles. The molecule has 7 heteroatoms. The van der Waals surface area contributed by atoms with E-state index < -0.39 is 9.24 Å². The van der Waals surface area contributed by atoms with Crippen LogP contribution in [0.2, 0.25) is 0 Å². The third kappa shape index (κ3) is 1.75. The average Bonchev–Trinajstić information content (AvgIpc) is 2.08. The molecule has 0 aromatic carbocycles. The van der Waals surface area contributed by atoms with Gasteiger partial charge in [-0.3, -0.25) is 0 Å². The second-order valence-corrected chi connectivity index (χ2v) is 4.65. The van der Waals surface area contributed by atoms with E-state index in [1.54, 1.807) is 5.41 Å². The van der Waals surface area contributed by atoms with Gasteiger partial charge in [-0.2, -0.15) is 8.42 Å². The molecule has 0 spiro atoms. The Morgan fingerprint density at radius 1 is 1.67 bits per heavy atom. The van der Waals surface area contributed by atoms with Crippen molar-refractivity contribution in [1.82, 2.24) is 9.25 Å². The van der Waals surface area contributed by atoms with E-state index in [4.69, 9.17) is 10.7 Å². The third-order valence-corrected chi connectivity index (χ3v) is 3.17. The molecule has 1 aliphatic heterocycles. The van der Waals surface area contributed by atoms with Crippen molar-refractivity contribution in [2.75, 3.05) is 0 Å². The standard InChI is InChI=1S/C2H3ClN2O2S2/c3-9(6,7)5-4-1-2-8-5/h1-2,4H. The Balaban J connectivity index is 2.68. The summed E-state index contributed by atoms with van der Waals surface area (Å²) in [6.45, 7) is 0. The summed E-state index contributed by atoms with van der Waals surface area (Å²) in [5, 5.41) is 1.57. The smallest absolute Gasteiger partial charge is 0.301 e. The SMILES string of the molecule is O=S(=O)(Cl)N1NC=CS1. The number of nitrogens with zero attached hydrogens (tertiary/aromatic N) is 1. The first-order valence-electron chi connectivity index (χ1n) is 1.93. The van der Waals surface area contributed by atoms with Crippen LogP contribution in [0.3, 0.4) is 0 Å². The van der Waals surface area contributed by atoms with Gasteiger partial charge < -0.3 is 5.43 Å². The Bertz CT molecular complexity index is 215. The molecule has 0 unspecified atom stereocenters. The Morgan fingerprint density at radius 2 is 2.33 bits per heavy atom. The maximum Gasteiger partial charge on any atom is 0.326 e. The Labute approximate surface area is 61.5 Å². The first-order valence-corrected chi connectivity index (χ1v) is 5.04. The molecule has 0 atom stereocenters. The van der Waals surface area contributed by atoms with Crippen LogP contribution in [0.4, 0.5) is 0 Å². The highest BCUT2D eigenvalue weighted by Gasteiger charge is 2.19. The second kappa shape index (κ2) is 2.37. The lowest BCUT2D eigenvalue weighted by atomic mass is 11.1. The average molecular weight is 187 g/mol. The number of hydrogen-bond donors (Lipinski definition) is 1. The number of rotatable bonds is 1. The maximum absolute atomic E-state index is 10.4. The first-order chi connectivity index (χ1) is 4.11. The van der Waals surface area contributed by atoms with Gasteiger partial charge in [0, 0.05) is 22.3 Å². The van der Waals surface area contributed by atoms with Gasteiger partial charge in [0.2, 0.25) is 0 Å². The van der Waals surface area contributed by atoms with E-state index in [2.05, 4.69) is 5.43 Å². The molecular weight excluding hydrogens is 184 g/mol. The van der Waals surface area contributed by atoms with Crippen molar-refractivity contribution in [2.24, 2.45) is 0 Å². The van der Waals surface area contributed by atoms with Crippen LogP contribution >= 0.6 is 22.6 Å². The Kier molecular flexibility index (Phi) is 1.90. The summed E-state index contributed by atoms with van der Waals surface area (Å²) in [7, 11) is 1.31. The molecular formula is C2H3ClN2O2S2. The van der Waals surface area contributed by atoms with E-state index in [1.807, 2.05) is 0 Å². The zero-order valence-electron chi connectivity index (χ0n) is 4.11. The van der Waals surface area contributed by atoms with Crippen molar-refractivity contribution >= 4 is 31.9 Å². The number of hydrazine groups is 1. The van der Waals surface area contributed by atoms with Gasteiger partial charge in [0.05, 0.1) is 0 Å². The van der Waals surface area contributed by atoms with Crippen LogP contribution in [0.15, 0.2) is 11.6 Å². The van der Waals surface area contributed by atoms with Gasteiger partial charge in [0.25, 0.3) is 0 Å². The van der Waals surface area contributed by atoms with Crippen LogP contribution in [0.25, 0.3) is 0 Å². The first kappa shape index (κ1) is 7.20. The summed E-state index contributed by atoms with van der Waals surface area (Å²) in [5.41, 5.74) is 2.39. The summed E-state index contributed by atoms with van der Waals surface area (Å²) in [5.74, 6) is 0. The minimum atomic E-state index is -3.61. The van der Waals surface area contributed by atoms with E-state index in [0.717, 1.165) is 15.8 Å². The van der Waals surface area contributed by atoms with E-state index in [-0.39, 0.29) is 0 Å². The van der Waals surface area contributed by atoms with Crippen molar-refractivity contribution in [2.45, 2.75) is 0 Å². The fourth-order valence-corrected chi connectivity index (χ4v) is 1.84. The fourth-order valence-electron chi connectivity index (χ4n) is 0.322. The van der Waals surface area contributed by atoms with Gasteiger partial charge in [0.15, 0.2) is 0 Å². The zero-order chi connectivity index (χ0) is 6.91. The summed E-state index contributed by atoms with van der Waals surface area (Å²) in [6.07, 6.45) is 1.48. The molecule has 1 aliphatic rings. The quantitative estimate of drug-likeness (QED) is 0.476. The lowest BCUT2D eigenvalue weighted by Crippen LogP contribution is -2.26. The molecule has 4 nitrogen and oxygen atoms in total. The van der Waals surface area contributed by atoms with Gasteiger partial charge in [-0.05, 0) is 15.8 Å². The van der Waals surface area contributed by atoms with E-state index in [9.17, 15) is 8.42 Å². The molecule has 0 aromatic rings. The van der Waals surface area contributed by atoms with Gasteiger partial charge in [-0.25, -0.2) is 0 Å². The van der Waals surface area contributed by atoms with E-state index >= 15 is 0 Å². The molecule has 0 amide bonds. The number of hydrogen-bond acceptors (Lipinski definition) is 4. The Morgan fingerprint density at radius 3 is 2.56 bits per heavy atom. The van der Waals surface area contributed by atoms with Gasteiger partial charge in [-0.15, -0.1) is 0 Å². The lowest BCUT2D eigenvalue weighted by Gasteiger charge is -2.06. The van der Waals surface area contributed by atoms with Crippen LogP contribution in [-0.4, -0.2) is 12.2 Å². The van der Waals surface area contributed by atoms with Crippen LogP contribution in [-0.2, 0) is 9.24 Å². The summed E-state index contributed by atoms with van der Waals surface area (Å²) >= 11 is 0.971. The fraction of sp³-hybridized carbons (Fsp3) is 0. The maximum atomic E-state index is 10.4. The molecule has 0 radical (unpaired) electrons. The number of halogens is 1. The highest BCUT2D eigenvalue weighted by atomic mass is 35.7. The molecule has 1 N–H and O–H groups in total. The van der Waals surface area contributed by atoms with Crippen LogP contribution in [0.5, 0.6) is 0 Å². The molecule has 0 aromatic heterocycles. The van der Waals surface area contributed by atoms with Crippen LogP contribution in [0, 0.1) is 0 Å². The van der Waals surface area contributed by atoms with Crippen molar-refractivity contribution < 1.29 is 8.42 Å². The predicted octanol–water partition coefficient (Wildman–Crippen LogP) is 0.410. The van der Waals surface area contributed by atoms with Crippen molar-refractivity contribution in [3.63, 3.8) is 0 Å². The molecule has 9 heavy (non-hydrogen) atoms. The molecule has 0 aliphatic carbocycles. The molecule has 52 valence electrons. The molecule has 1 rings (SSSR count). The molecule has 0 bridgehead atoms. The molecule has 0 saturated carbocycles. The van der Waals surface area contributed by atoms with E-state index in [1.165, 1.54) is 6.20 Å². The summed E-state index contributed by atoms with van der Waals surface area (Å²) in [4.78, 5) is 0. The van der Waals surface area contributed by atoms with E-state index in [0.29, 0.717) is 0 Å². The predicted molar refractivity (Wildman–Crippen MR) is 36.5 cm³/mol. The number of nitrogens with one attached hydrogen (secondary N) is 1. The minimum Gasteiger partial charge on any atom is -0.301 e. The highest BCUT2D eigenvalue weighted by molar-refractivity contribution is 8.20. The summed E-state index contributed by atoms with van der Waals surface area (Å²) < 4.78 is 21.6. The normalized spacial score (nSPS) is 20.1. The van der Waals surface area contributed by atoms with Crippen LogP contribution < -0.4 is 5.43 Å². The Hall–Kier alpha value is 0.0900. The zero-order valence-corrected chi connectivity index (χ0v) is 6.50. The third-order valence-electron chi connectivity index (χ3n) is 0.603. The van der Waals surface area contributed by atoms with Crippen molar-refractivity contribution in [3.8, 4) is 0 Å². The molecule has 0 fully saturated rings. The highest BCUT2D eigenvalue weighted by Crippen LogP contribution is 2.20. The topological polar surface area (TPSA) is 49.4 Å². The molecule has 1 heterocycles. The van der Waals surface area contributed by atoms with Gasteiger partial charge >= 0.3 is 9.24 Å². The largest absolute Gasteiger partial charge is 0.326 e. The van der Waals surface area contributed by atoms with Crippen molar-refractivity contribution in [3.05, 3.63) is 11.6 Å². The summed E-state index contributed by atoms with van der Waals surface area (Å²) in [6, 6.07) is 0. The van der Waals surface area contributed by atoms with Gasteiger partial charge in [-0.1, -0.05) is 0 Å². The minimum absolute atomic E-state index is 0.842. The van der Waals surface area contributed by atoms with Crippen molar-refractivity contribution in [1.29, 1.82) is 0 Å². The monoisotopic (exact) mass is 186 g/mol. The lowest BCUT2D eigenvalue weighted by molar-refractivity contribution is 0.535. The van der Waals surface area contributed by atoms with Gasteiger partial charge in [0.1, 0.15) is 0 Å². The second-order valence-electron chi connectivity index (χ2n) is 1.21.